The van der Waals surface area contributed by atoms with Crippen molar-refractivity contribution in [3.63, 3.8) is 0 Å². The van der Waals surface area contributed by atoms with Crippen LogP contribution in [0.25, 0.3) is 0 Å². The van der Waals surface area contributed by atoms with Crippen LogP contribution < -0.4 is 0 Å². The van der Waals surface area contributed by atoms with Gasteiger partial charge >= 0.3 is 112 Å². The molecule has 0 rings (SSSR count). The van der Waals surface area contributed by atoms with Gasteiger partial charge in [0, 0.05) is 0 Å². The van der Waals surface area contributed by atoms with Crippen molar-refractivity contribution in [3.8, 4) is 0 Å². The molecule has 0 amide bonds. The molecule has 0 radical (unpaired) electrons. The van der Waals surface area contributed by atoms with E-state index in [9.17, 15) is 0 Å². The molecule has 16 heavy (non-hydrogen) atoms. The number of rotatable bonds is 10. The Balaban J connectivity index is 3.61. The first-order chi connectivity index (χ1) is 7.65. The van der Waals surface area contributed by atoms with Crippen LogP contribution in [0.3, 0.4) is 0 Å². The summed E-state index contributed by atoms with van der Waals surface area (Å²) in [7, 11) is 0. The van der Waals surface area contributed by atoms with E-state index in [1.54, 1.807) is 8.35 Å². The Labute approximate surface area is 112 Å². The van der Waals surface area contributed by atoms with Gasteiger partial charge in [0.2, 0.25) is 0 Å². The molecule has 0 fully saturated rings. The third-order valence-corrected chi connectivity index (χ3v) is 16.2. The molecule has 0 aliphatic rings. The summed E-state index contributed by atoms with van der Waals surface area (Å²) in [6, 6.07) is 0. The molecule has 0 N–H and O–H groups in total. The van der Waals surface area contributed by atoms with E-state index in [0.717, 1.165) is 3.67 Å². The molecule has 0 bridgehead atoms. The summed E-state index contributed by atoms with van der Waals surface area (Å²) in [5, 5.41) is 0. The number of hydrogen-bond donors (Lipinski definition) is 0. The summed E-state index contributed by atoms with van der Waals surface area (Å²) in [5.41, 5.74) is 0. The number of hydrogen-bond acceptors (Lipinski definition) is 1. The zero-order valence-electron chi connectivity index (χ0n) is 12.3. The van der Waals surface area contributed by atoms with Gasteiger partial charge in [0.1, 0.15) is 0 Å². The Morgan fingerprint density at radius 2 is 1.56 bits per heavy atom. The summed E-state index contributed by atoms with van der Waals surface area (Å²) in [5.74, 6) is 0. The van der Waals surface area contributed by atoms with Crippen molar-refractivity contribution in [2.75, 3.05) is 19.6 Å². The van der Waals surface area contributed by atoms with Crippen molar-refractivity contribution in [1.29, 1.82) is 0 Å². The van der Waals surface area contributed by atoms with Gasteiger partial charge in [0.05, 0.1) is 0 Å². The topological polar surface area (TPSA) is 3.24 Å². The summed E-state index contributed by atoms with van der Waals surface area (Å²) < 4.78 is 4.36. The van der Waals surface area contributed by atoms with Gasteiger partial charge in [-0.05, 0) is 0 Å². The zero-order valence-corrected chi connectivity index (χ0v) is 15.6. The predicted octanol–water partition coefficient (Wildman–Crippen LogP) is 4.42. The van der Waals surface area contributed by atoms with Crippen LogP contribution in [0.2, 0.25) is 12.0 Å². The Hall–Kier alpha value is 0.830. The molecule has 0 aliphatic heterocycles. The molecule has 0 unspecified atom stereocenters. The normalized spacial score (nSPS) is 11.4. The third kappa shape index (κ3) is 8.00. The molecular formula is C14H32InN. The van der Waals surface area contributed by atoms with Gasteiger partial charge in [-0.1, -0.05) is 0 Å². The van der Waals surface area contributed by atoms with E-state index in [1.807, 2.05) is 0 Å². The maximum absolute atomic E-state index is 2.56. The van der Waals surface area contributed by atoms with Crippen LogP contribution in [0.4, 0.5) is 0 Å². The molecule has 1 nitrogen and oxygen atoms in total. The third-order valence-electron chi connectivity index (χ3n) is 3.80. The monoisotopic (exact) mass is 329 g/mol. The molecule has 0 saturated carbocycles. The molecule has 0 aromatic heterocycles. The average Bonchev–Trinajstić information content (AvgIpc) is 2.27. The molecule has 0 atom stereocenters. The Bertz CT molecular complexity index is 144. The maximum atomic E-state index is 2.56. The number of nitrogens with zero attached hydrogens (tertiary/aromatic N) is 1. The van der Waals surface area contributed by atoms with Crippen LogP contribution in [0.15, 0.2) is 0 Å². The van der Waals surface area contributed by atoms with E-state index in [-0.39, 0.29) is 0 Å². The average molecular weight is 329 g/mol. The first kappa shape index (κ1) is 16.8. The first-order valence-corrected chi connectivity index (χ1v) is 13.9. The summed E-state index contributed by atoms with van der Waals surface area (Å²) in [4.78, 5) is 2.56. The molecule has 2 heteroatoms. The van der Waals surface area contributed by atoms with Gasteiger partial charge in [0.15, 0.2) is 0 Å². The Morgan fingerprint density at radius 1 is 0.938 bits per heavy atom. The predicted molar refractivity (Wildman–Crippen MR) is 77.8 cm³/mol. The molecule has 0 heterocycles. The second kappa shape index (κ2) is 11.0. The van der Waals surface area contributed by atoms with Crippen LogP contribution in [0.1, 0.15) is 53.9 Å². The van der Waals surface area contributed by atoms with Crippen LogP contribution in [-0.2, 0) is 0 Å². The van der Waals surface area contributed by atoms with Crippen LogP contribution >= 0.6 is 0 Å². The summed E-state index contributed by atoms with van der Waals surface area (Å²) in [6.07, 6.45) is 4.38. The standard InChI is InChI=1S/C8H18N.2C3H7.In/c1-4-7-8-9(5-2)6-3;2*1-3-2;/h1,4-8H2,2-3H3;3H,1-2H3;1,3H2,2H3;. The Morgan fingerprint density at radius 3 is 2.00 bits per heavy atom. The van der Waals surface area contributed by atoms with Gasteiger partial charge in [-0.15, -0.1) is 0 Å². The van der Waals surface area contributed by atoms with E-state index in [4.69, 9.17) is 0 Å². The molecule has 0 aromatic rings. The van der Waals surface area contributed by atoms with Crippen LogP contribution in [0, 0.1) is 0 Å². The van der Waals surface area contributed by atoms with Crippen molar-refractivity contribution in [2.45, 2.75) is 65.9 Å². The van der Waals surface area contributed by atoms with Gasteiger partial charge in [-0.25, -0.2) is 0 Å². The van der Waals surface area contributed by atoms with E-state index in [0.29, 0.717) is 0 Å². The minimum atomic E-state index is -1.11. The molecule has 0 spiro atoms. The first-order valence-electron chi connectivity index (χ1n) is 7.37. The SMILES string of the molecule is CC[CH2][In]([CH2]CCCN(CC)CC)[CH](C)C. The zero-order chi connectivity index (χ0) is 12.4. The van der Waals surface area contributed by atoms with Crippen molar-refractivity contribution in [2.24, 2.45) is 0 Å². The van der Waals surface area contributed by atoms with Crippen LogP contribution in [0.5, 0.6) is 0 Å². The van der Waals surface area contributed by atoms with E-state index < -0.39 is 21.4 Å². The van der Waals surface area contributed by atoms with E-state index in [2.05, 4.69) is 39.5 Å². The van der Waals surface area contributed by atoms with E-state index in [1.165, 1.54) is 38.9 Å². The molecule has 0 aromatic carbocycles. The van der Waals surface area contributed by atoms with Gasteiger partial charge in [0.25, 0.3) is 0 Å². The fourth-order valence-electron chi connectivity index (χ4n) is 2.46. The molecule has 0 saturated heterocycles. The van der Waals surface area contributed by atoms with Crippen molar-refractivity contribution >= 4 is 21.4 Å². The minimum absolute atomic E-state index is 1.08. The van der Waals surface area contributed by atoms with Gasteiger partial charge < -0.3 is 0 Å². The Kier molecular flexibility index (Phi) is 11.5. The van der Waals surface area contributed by atoms with Gasteiger partial charge in [-0.3, -0.25) is 0 Å². The van der Waals surface area contributed by atoms with E-state index >= 15 is 0 Å². The molecule has 0 aliphatic carbocycles. The van der Waals surface area contributed by atoms with Crippen molar-refractivity contribution in [3.05, 3.63) is 0 Å². The van der Waals surface area contributed by atoms with Crippen LogP contribution in [-0.4, -0.2) is 46.0 Å². The fraction of sp³-hybridized carbons (Fsp3) is 1.00. The van der Waals surface area contributed by atoms with Crippen molar-refractivity contribution < 1.29 is 0 Å². The van der Waals surface area contributed by atoms with Gasteiger partial charge in [-0.2, -0.15) is 0 Å². The second-order valence-corrected chi connectivity index (χ2v) is 16.8. The molecular weight excluding hydrogens is 297 g/mol. The quantitative estimate of drug-likeness (QED) is 0.536. The fourth-order valence-corrected chi connectivity index (χ4v) is 11.5. The molecule has 96 valence electrons. The summed E-state index contributed by atoms with van der Waals surface area (Å²) in [6.45, 7) is 15.6. The van der Waals surface area contributed by atoms with Crippen molar-refractivity contribution in [1.82, 2.24) is 4.90 Å². The number of unbranched alkanes of at least 4 members (excludes halogenated alkanes) is 1. The second-order valence-electron chi connectivity index (χ2n) is 5.32. The summed E-state index contributed by atoms with van der Waals surface area (Å²) >= 11 is -1.11.